The van der Waals surface area contributed by atoms with Gasteiger partial charge in [-0.2, -0.15) is 51.5 Å². The van der Waals surface area contributed by atoms with Gasteiger partial charge in [-0.1, -0.05) is 51.4 Å². The van der Waals surface area contributed by atoms with Crippen molar-refractivity contribution in [3.63, 3.8) is 0 Å². The van der Waals surface area contributed by atoms with Crippen molar-refractivity contribution in [2.75, 3.05) is 42.5 Å². The molecule has 25 nitrogen and oxygen atoms in total. The molecule has 4 fully saturated rings. The molecular formula is C70H74F7N22O3+. The van der Waals surface area contributed by atoms with Crippen molar-refractivity contribution in [2.24, 2.45) is 15.1 Å². The molecule has 102 heavy (non-hydrogen) atoms. The maximum Gasteiger partial charge on any atom is 0.416 e. The summed E-state index contributed by atoms with van der Waals surface area (Å²) in [5, 5.41) is 21.3. The smallest absolute Gasteiger partial charge is 0.368 e. The molecule has 3 aromatic carbocycles. The molecule has 2 saturated carbocycles. The first-order valence-corrected chi connectivity index (χ1v) is 33.6. The molecule has 530 valence electrons. The van der Waals surface area contributed by atoms with Crippen molar-refractivity contribution in [2.45, 2.75) is 149 Å². The number of aryl methyl sites for hydroxylation is 6. The quantitative estimate of drug-likeness (QED) is 0.0684. The Bertz CT molecular complexity index is 4870. The summed E-state index contributed by atoms with van der Waals surface area (Å²) < 4.78 is 105. The standard InChI is InChI=1S/2C19H20FN5O.C17H17F3N6.C15H17F2N6O/c1-12-9-13(2)25-19(21-12)22-17(23-25)10-18(26)24(16-7-8-16)11-14-3-5-15(20)6-4-14;1-12-9-13(2)25-19(21-12)22-17(23-25)10-18(26)24(15-7-8-15)11-14-5-3-4-6-16(14)20;1-12-9-15(26-16(23-12)21-11-22-26)25-7-5-24(6-8-25)14-4-2-3-13(10-14)17(18,19)20;1-9-6-10(21-24-9)11-4-3-5-22(11)13-7-12(15(2,16)17)20-14-18-8-19-23(13)14/h3-6,9,16H,7-8,10-11H2,1-2H3;3-6,9,15H,7-8,10-11H2,1-2H3;2-4,9-11H,5-8H2,1H3;6-8,11,14H,3-5H2,1-2H3/q;;;+1. The number of piperazine rings is 1. The van der Waals surface area contributed by atoms with Gasteiger partial charge in [0, 0.05) is 110 Å². The van der Waals surface area contributed by atoms with Crippen molar-refractivity contribution < 1.29 is 49.5 Å². The Balaban J connectivity index is 0.000000121. The van der Waals surface area contributed by atoms with Crippen LogP contribution in [0.25, 0.3) is 17.3 Å². The number of hydrogen-bond donors (Lipinski definition) is 0. The Morgan fingerprint density at radius 3 is 1.85 bits per heavy atom. The average molecular weight is 1400 g/mol. The maximum absolute atomic E-state index is 14.0. The molecule has 2 atom stereocenters. The minimum atomic E-state index is -4.33. The number of aliphatic imine (C=N–C) groups is 2. The number of benzene rings is 3. The van der Waals surface area contributed by atoms with Gasteiger partial charge in [-0.15, -0.1) is 10.2 Å². The Hall–Kier alpha value is -11.0. The zero-order valence-electron chi connectivity index (χ0n) is 57.1. The zero-order valence-corrected chi connectivity index (χ0v) is 57.1. The van der Waals surface area contributed by atoms with Crippen LogP contribution < -0.4 is 9.80 Å². The van der Waals surface area contributed by atoms with E-state index in [9.17, 15) is 40.3 Å². The summed E-state index contributed by atoms with van der Waals surface area (Å²) >= 11 is 0. The molecule has 2 amide bonds. The van der Waals surface area contributed by atoms with Gasteiger partial charge in [0.05, 0.1) is 31.0 Å². The molecule has 2 aliphatic carbocycles. The molecule has 32 heteroatoms. The van der Waals surface area contributed by atoms with Crippen LogP contribution in [0.2, 0.25) is 0 Å². The van der Waals surface area contributed by atoms with E-state index in [2.05, 4.69) is 70.4 Å². The molecule has 4 aliphatic heterocycles. The van der Waals surface area contributed by atoms with Gasteiger partial charge in [-0.25, -0.2) is 37.8 Å². The van der Waals surface area contributed by atoms with Crippen LogP contribution in [-0.4, -0.2) is 164 Å². The number of halogens is 7. The summed E-state index contributed by atoms with van der Waals surface area (Å²) in [5.74, 6) is 0.982. The number of anilines is 2. The highest BCUT2D eigenvalue weighted by atomic mass is 19.4. The fraction of sp³-hybridized carbons (Fsp3) is 0.400. The molecule has 7 aromatic heterocycles. The number of nitrogens with zero attached hydrogens (tertiary/aromatic N) is 22. The summed E-state index contributed by atoms with van der Waals surface area (Å²) in [7, 11) is 0. The molecule has 0 bridgehead atoms. The summed E-state index contributed by atoms with van der Waals surface area (Å²) in [4.78, 5) is 69.4. The van der Waals surface area contributed by atoms with Crippen molar-refractivity contribution in [1.82, 2.24) is 78.6 Å². The number of alkyl halides is 5. The summed E-state index contributed by atoms with van der Waals surface area (Å²) in [6.07, 6.45) is 5.09. The fourth-order valence-electron chi connectivity index (χ4n) is 12.7. The van der Waals surface area contributed by atoms with Gasteiger partial charge in [0.1, 0.15) is 47.0 Å². The Labute approximate surface area is 580 Å². The van der Waals surface area contributed by atoms with Gasteiger partial charge in [-0.05, 0) is 134 Å². The minimum Gasteiger partial charge on any atom is -0.368 e. The van der Waals surface area contributed by atoms with Gasteiger partial charge >= 0.3 is 18.3 Å². The van der Waals surface area contributed by atoms with E-state index in [1.165, 1.54) is 49.1 Å². The van der Waals surface area contributed by atoms with Crippen LogP contribution in [0.3, 0.4) is 0 Å². The maximum atomic E-state index is 14.0. The lowest BCUT2D eigenvalue weighted by Gasteiger charge is -2.37. The van der Waals surface area contributed by atoms with Gasteiger partial charge in [-0.3, -0.25) is 14.5 Å². The third kappa shape index (κ3) is 16.1. The topological polar surface area (TPSA) is 246 Å². The van der Waals surface area contributed by atoms with E-state index in [-0.39, 0.29) is 66.7 Å². The predicted octanol–water partition coefficient (Wildman–Crippen LogP) is 10.9. The number of allylic oxidation sites excluding steroid dienone is 1. The zero-order chi connectivity index (χ0) is 71.7. The van der Waals surface area contributed by atoms with Gasteiger partial charge in [0.2, 0.25) is 11.8 Å². The van der Waals surface area contributed by atoms with Crippen molar-refractivity contribution in [3.8, 4) is 0 Å². The number of amides is 2. The molecule has 0 N–H and O–H groups in total. The Kier molecular flexibility index (Phi) is 19.7. The summed E-state index contributed by atoms with van der Waals surface area (Å²) in [6.45, 7) is 16.3. The van der Waals surface area contributed by atoms with Crippen LogP contribution in [0.15, 0.2) is 135 Å². The summed E-state index contributed by atoms with van der Waals surface area (Å²) in [5.41, 5.74) is 6.38. The molecule has 10 aromatic rings. The van der Waals surface area contributed by atoms with Crippen molar-refractivity contribution in [3.05, 3.63) is 195 Å². The van der Waals surface area contributed by atoms with Crippen molar-refractivity contribution in [1.29, 1.82) is 0 Å². The van der Waals surface area contributed by atoms with E-state index in [1.807, 2.05) is 80.5 Å². The largest absolute Gasteiger partial charge is 0.416 e. The molecule has 6 aliphatic rings. The second-order valence-corrected chi connectivity index (χ2v) is 26.1. The third-order valence-electron chi connectivity index (χ3n) is 18.0. The van der Waals surface area contributed by atoms with E-state index in [0.717, 1.165) is 109 Å². The lowest BCUT2D eigenvalue weighted by molar-refractivity contribution is -0.585. The van der Waals surface area contributed by atoms with Crippen LogP contribution in [0, 0.1) is 53.2 Å². The van der Waals surface area contributed by atoms with Gasteiger partial charge < -0.3 is 24.1 Å². The van der Waals surface area contributed by atoms with E-state index >= 15 is 0 Å². The first kappa shape index (κ1) is 69.5. The number of carbonyl (C=O) groups is 2. The monoisotopic (exact) mass is 1400 g/mol. The first-order chi connectivity index (χ1) is 48.8. The molecule has 16 rings (SSSR count). The highest BCUT2D eigenvalue weighted by Gasteiger charge is 2.46. The number of likely N-dealkylation sites (tertiary alicyclic amines) is 1. The van der Waals surface area contributed by atoms with E-state index in [4.69, 9.17) is 4.52 Å². The van der Waals surface area contributed by atoms with Crippen LogP contribution in [0.4, 0.5) is 42.2 Å². The van der Waals surface area contributed by atoms with Crippen LogP contribution in [0.5, 0.6) is 0 Å². The Morgan fingerprint density at radius 2 is 1.25 bits per heavy atom. The second kappa shape index (κ2) is 29.0. The van der Waals surface area contributed by atoms with E-state index < -0.39 is 24.0 Å². The minimum absolute atomic E-state index is 0.0119. The molecule has 11 heterocycles. The van der Waals surface area contributed by atoms with E-state index in [1.54, 1.807) is 59.5 Å². The highest BCUT2D eigenvalue weighted by molar-refractivity contribution is 6.01. The number of azo groups is 2. The fourth-order valence-corrected chi connectivity index (χ4v) is 12.7. The van der Waals surface area contributed by atoms with E-state index in [0.29, 0.717) is 78.8 Å². The molecular weight excluding hydrogens is 1330 g/mol. The Morgan fingerprint density at radius 1 is 0.647 bits per heavy atom. The lowest BCUT2D eigenvalue weighted by atomic mass is 10.1. The van der Waals surface area contributed by atoms with Gasteiger partial charge in [0.25, 0.3) is 23.3 Å². The van der Waals surface area contributed by atoms with Gasteiger partial charge in [0.15, 0.2) is 18.0 Å². The number of aromatic nitrogens is 13. The molecule has 2 saturated heterocycles. The number of rotatable bonds is 15. The normalized spacial score (nSPS) is 17.3. The number of fused-ring (bicyclic) bond motifs is 4. The summed E-state index contributed by atoms with van der Waals surface area (Å²) in [6, 6.07) is 26.4. The number of hydrogen-bond acceptors (Lipinski definition) is 19. The SMILES string of the molecule is Cc1cc(C)n2nc(CC(=O)N(Cc3ccc(F)cc3)C3CC3)nc2n1.Cc1cc(C)n2nc(CC(=O)N(Cc3ccccc3F)C3CC3)nc2n1.Cc1cc(C2CCCN2C2=CC(C(C)(F)F)=NC3N=CN=[N+]23)no1.Cc1cc(N2CCN(c3cccc(C(F)(F)F)c3)CC2)n2ncnc2n1. The average Bonchev–Trinajstić information content (AvgIpc) is 1.56. The second-order valence-electron chi connectivity index (χ2n) is 26.1. The van der Waals surface area contributed by atoms with Crippen LogP contribution in [0.1, 0.15) is 120 Å². The lowest BCUT2D eigenvalue weighted by Crippen LogP contribution is -2.47. The first-order valence-electron chi connectivity index (χ1n) is 33.6. The van der Waals surface area contributed by atoms with Crippen LogP contribution in [-0.2, 0) is 41.7 Å². The number of carbonyl (C=O) groups excluding carboxylic acids is 2. The third-order valence-corrected chi connectivity index (χ3v) is 18.0. The predicted molar refractivity (Wildman–Crippen MR) is 360 cm³/mol. The molecule has 0 spiro atoms. The highest BCUT2D eigenvalue weighted by Crippen LogP contribution is 2.39. The van der Waals surface area contributed by atoms with Crippen molar-refractivity contribution >= 4 is 52.7 Å². The molecule has 2 unspecified atom stereocenters. The van der Waals surface area contributed by atoms with Crippen LogP contribution >= 0.6 is 0 Å². The molecule has 0 radical (unpaired) electrons.